The Bertz CT molecular complexity index is 960. The molecule has 0 saturated heterocycles. The largest absolute Gasteiger partial charge is 0.361 e. The van der Waals surface area contributed by atoms with Crippen molar-refractivity contribution >= 4 is 28.4 Å². The van der Waals surface area contributed by atoms with E-state index in [0.717, 1.165) is 22.2 Å². The van der Waals surface area contributed by atoms with Crippen LogP contribution in [0.1, 0.15) is 26.3 Å². The van der Waals surface area contributed by atoms with Gasteiger partial charge in [0.2, 0.25) is 11.8 Å². The molecule has 5 nitrogen and oxygen atoms in total. The Labute approximate surface area is 165 Å². The predicted molar refractivity (Wildman–Crippen MR) is 113 cm³/mol. The number of anilines is 1. The van der Waals surface area contributed by atoms with Gasteiger partial charge >= 0.3 is 0 Å². The van der Waals surface area contributed by atoms with Crippen LogP contribution in [0.4, 0.5) is 5.69 Å². The summed E-state index contributed by atoms with van der Waals surface area (Å²) < 4.78 is 0. The Morgan fingerprint density at radius 3 is 2.43 bits per heavy atom. The van der Waals surface area contributed by atoms with Gasteiger partial charge in [0.25, 0.3) is 0 Å². The van der Waals surface area contributed by atoms with E-state index >= 15 is 0 Å². The molecule has 5 heteroatoms. The molecule has 3 rings (SSSR count). The Morgan fingerprint density at radius 1 is 1.04 bits per heavy atom. The van der Waals surface area contributed by atoms with Crippen LogP contribution in [0.15, 0.2) is 60.8 Å². The predicted octanol–water partition coefficient (Wildman–Crippen LogP) is 3.91. The van der Waals surface area contributed by atoms with Crippen molar-refractivity contribution in [3.63, 3.8) is 0 Å². The highest BCUT2D eigenvalue weighted by Gasteiger charge is 2.39. The van der Waals surface area contributed by atoms with Crippen molar-refractivity contribution < 1.29 is 9.59 Å². The third kappa shape index (κ3) is 3.93. The molecule has 28 heavy (non-hydrogen) atoms. The highest BCUT2D eigenvalue weighted by atomic mass is 16.2. The van der Waals surface area contributed by atoms with Crippen molar-refractivity contribution in [2.75, 3.05) is 18.0 Å². The lowest BCUT2D eigenvalue weighted by Gasteiger charge is -2.30. The molecule has 0 bridgehead atoms. The third-order valence-corrected chi connectivity index (χ3v) is 5.09. The molecule has 0 spiro atoms. The Balaban J connectivity index is 1.64. The van der Waals surface area contributed by atoms with Crippen molar-refractivity contribution in [2.45, 2.75) is 27.2 Å². The molecule has 1 heterocycles. The van der Waals surface area contributed by atoms with Gasteiger partial charge in [-0.2, -0.15) is 0 Å². The molecule has 0 saturated carbocycles. The highest BCUT2D eigenvalue weighted by Crippen LogP contribution is 2.24. The summed E-state index contributed by atoms with van der Waals surface area (Å²) in [5.41, 5.74) is 1.89. The SMILES string of the molecule is CCN(C(=O)C(C)(C)C(=O)NCCc1c[nH]c2ccccc12)c1ccccc1. The fourth-order valence-electron chi connectivity index (χ4n) is 3.36. The zero-order chi connectivity index (χ0) is 20.1. The summed E-state index contributed by atoms with van der Waals surface area (Å²) >= 11 is 0. The topological polar surface area (TPSA) is 65.2 Å². The number of nitrogens with zero attached hydrogens (tertiary/aromatic N) is 1. The minimum atomic E-state index is -1.15. The van der Waals surface area contributed by atoms with Crippen molar-refractivity contribution in [1.82, 2.24) is 10.3 Å². The number of carbonyl (C=O) groups excluding carboxylic acids is 2. The maximum Gasteiger partial charge on any atom is 0.242 e. The van der Waals surface area contributed by atoms with E-state index in [9.17, 15) is 9.59 Å². The zero-order valence-corrected chi connectivity index (χ0v) is 16.7. The Morgan fingerprint density at radius 2 is 1.71 bits per heavy atom. The standard InChI is InChI=1S/C23H27N3O2/c1-4-26(18-10-6-5-7-11-18)22(28)23(2,3)21(27)24-15-14-17-16-25-20-13-9-8-12-19(17)20/h5-13,16,25H,4,14-15H2,1-3H3,(H,24,27). The summed E-state index contributed by atoms with van der Waals surface area (Å²) in [4.78, 5) is 30.7. The first kappa shape index (κ1) is 19.7. The minimum Gasteiger partial charge on any atom is -0.361 e. The number of amides is 2. The van der Waals surface area contributed by atoms with E-state index in [1.165, 1.54) is 0 Å². The van der Waals surface area contributed by atoms with Crippen LogP contribution in [0.2, 0.25) is 0 Å². The maximum absolute atomic E-state index is 13.1. The number of rotatable bonds is 7. The molecule has 3 aromatic rings. The van der Waals surface area contributed by atoms with Crippen LogP contribution < -0.4 is 10.2 Å². The average Bonchev–Trinajstić information content (AvgIpc) is 3.12. The Hall–Kier alpha value is -3.08. The number of hydrogen-bond acceptors (Lipinski definition) is 2. The second-order valence-electron chi connectivity index (χ2n) is 7.38. The first-order chi connectivity index (χ1) is 13.4. The minimum absolute atomic E-state index is 0.203. The van der Waals surface area contributed by atoms with Gasteiger partial charge in [0.15, 0.2) is 0 Å². The van der Waals surface area contributed by atoms with Crippen LogP contribution in [-0.4, -0.2) is 29.9 Å². The molecular weight excluding hydrogens is 350 g/mol. The second-order valence-corrected chi connectivity index (χ2v) is 7.38. The smallest absolute Gasteiger partial charge is 0.242 e. The Kier molecular flexibility index (Phi) is 5.83. The molecule has 0 radical (unpaired) electrons. The number of para-hydroxylation sites is 2. The fourth-order valence-corrected chi connectivity index (χ4v) is 3.36. The number of H-pyrrole nitrogens is 1. The molecule has 2 N–H and O–H groups in total. The summed E-state index contributed by atoms with van der Waals surface area (Å²) in [7, 11) is 0. The lowest BCUT2D eigenvalue weighted by Crippen LogP contribution is -2.50. The van der Waals surface area contributed by atoms with E-state index in [1.54, 1.807) is 18.7 Å². The van der Waals surface area contributed by atoms with Crippen LogP contribution in [0.25, 0.3) is 10.9 Å². The molecule has 0 aliphatic rings. The molecule has 2 aromatic carbocycles. The van der Waals surface area contributed by atoms with E-state index in [0.29, 0.717) is 19.5 Å². The normalized spacial score (nSPS) is 11.4. The van der Waals surface area contributed by atoms with Crippen molar-refractivity contribution in [3.8, 4) is 0 Å². The van der Waals surface area contributed by atoms with Crippen LogP contribution in [0, 0.1) is 5.41 Å². The number of hydrogen-bond donors (Lipinski definition) is 2. The van der Waals surface area contributed by atoms with Gasteiger partial charge in [-0.15, -0.1) is 0 Å². The molecule has 0 aliphatic heterocycles. The quantitative estimate of drug-likeness (QED) is 0.613. The van der Waals surface area contributed by atoms with Crippen LogP contribution in [0.5, 0.6) is 0 Å². The van der Waals surface area contributed by atoms with Crippen molar-refractivity contribution in [3.05, 3.63) is 66.4 Å². The molecule has 0 aliphatic carbocycles. The second kappa shape index (κ2) is 8.30. The number of carbonyl (C=O) groups is 2. The summed E-state index contributed by atoms with van der Waals surface area (Å²) in [5, 5.41) is 4.10. The monoisotopic (exact) mass is 377 g/mol. The number of aromatic nitrogens is 1. The highest BCUT2D eigenvalue weighted by molar-refractivity contribution is 6.11. The molecule has 0 unspecified atom stereocenters. The molecule has 0 atom stereocenters. The van der Waals surface area contributed by atoms with Gasteiger partial charge in [-0.05, 0) is 51.0 Å². The van der Waals surface area contributed by atoms with E-state index in [4.69, 9.17) is 0 Å². The molecule has 2 amide bonds. The van der Waals surface area contributed by atoms with Crippen molar-refractivity contribution in [2.24, 2.45) is 5.41 Å². The van der Waals surface area contributed by atoms with E-state index < -0.39 is 5.41 Å². The third-order valence-electron chi connectivity index (χ3n) is 5.09. The van der Waals surface area contributed by atoms with E-state index in [-0.39, 0.29) is 11.8 Å². The number of fused-ring (bicyclic) bond motifs is 1. The summed E-state index contributed by atoms with van der Waals surface area (Å²) in [6, 6.07) is 17.5. The number of nitrogens with one attached hydrogen (secondary N) is 2. The number of benzene rings is 2. The van der Waals surface area contributed by atoms with Gasteiger partial charge < -0.3 is 15.2 Å². The maximum atomic E-state index is 13.1. The molecule has 1 aromatic heterocycles. The van der Waals surface area contributed by atoms with E-state index in [2.05, 4.69) is 16.4 Å². The van der Waals surface area contributed by atoms with E-state index in [1.807, 2.05) is 61.7 Å². The summed E-state index contributed by atoms with van der Waals surface area (Å²) in [6.07, 6.45) is 2.68. The van der Waals surface area contributed by atoms with Gasteiger partial charge in [-0.1, -0.05) is 36.4 Å². The van der Waals surface area contributed by atoms with Crippen LogP contribution in [-0.2, 0) is 16.0 Å². The van der Waals surface area contributed by atoms with Crippen molar-refractivity contribution in [1.29, 1.82) is 0 Å². The molecular formula is C23H27N3O2. The van der Waals surface area contributed by atoms with Gasteiger partial charge in [-0.3, -0.25) is 9.59 Å². The lowest BCUT2D eigenvalue weighted by atomic mass is 9.90. The molecule has 146 valence electrons. The van der Waals surface area contributed by atoms with Gasteiger partial charge in [0, 0.05) is 35.9 Å². The number of aromatic amines is 1. The zero-order valence-electron chi connectivity index (χ0n) is 16.7. The van der Waals surface area contributed by atoms with Gasteiger partial charge in [0.1, 0.15) is 5.41 Å². The fraction of sp³-hybridized carbons (Fsp3) is 0.304. The first-order valence-corrected chi connectivity index (χ1v) is 9.65. The summed E-state index contributed by atoms with van der Waals surface area (Å²) in [6.45, 7) is 6.27. The van der Waals surface area contributed by atoms with Gasteiger partial charge in [0.05, 0.1) is 0 Å². The van der Waals surface area contributed by atoms with Crippen LogP contribution in [0.3, 0.4) is 0 Å². The van der Waals surface area contributed by atoms with Gasteiger partial charge in [-0.25, -0.2) is 0 Å². The first-order valence-electron chi connectivity index (χ1n) is 9.65. The lowest BCUT2D eigenvalue weighted by molar-refractivity contribution is -0.139. The molecule has 0 fully saturated rings. The van der Waals surface area contributed by atoms with Crippen LogP contribution >= 0.6 is 0 Å². The summed E-state index contributed by atoms with van der Waals surface area (Å²) in [5.74, 6) is -0.461. The average molecular weight is 377 g/mol.